The smallest absolute Gasteiger partial charge is 0.407 e. The molecule has 1 aromatic rings. The molecule has 1 heterocycles. The van der Waals surface area contributed by atoms with Crippen LogP contribution >= 0.6 is 0 Å². The maximum Gasteiger partial charge on any atom is 0.407 e. The van der Waals surface area contributed by atoms with Crippen LogP contribution in [0.3, 0.4) is 0 Å². The molecule has 1 saturated heterocycles. The molecule has 0 spiro atoms. The maximum atomic E-state index is 14.2. The third-order valence-electron chi connectivity index (χ3n) is 5.93. The summed E-state index contributed by atoms with van der Waals surface area (Å²) in [6.07, 6.45) is 5.78. The second-order valence-corrected chi connectivity index (χ2v) is 9.24. The summed E-state index contributed by atoms with van der Waals surface area (Å²) in [5.41, 5.74) is 6.49. The number of carbonyl (C=O) groups excluding carboxylic acids is 1. The van der Waals surface area contributed by atoms with Gasteiger partial charge in [0.15, 0.2) is 0 Å². The van der Waals surface area contributed by atoms with Gasteiger partial charge in [0.1, 0.15) is 11.4 Å². The van der Waals surface area contributed by atoms with Crippen LogP contribution < -0.4 is 11.1 Å². The minimum absolute atomic E-state index is 0.174. The zero-order valence-electron chi connectivity index (χ0n) is 17.3. The first-order chi connectivity index (χ1) is 13.2. The summed E-state index contributed by atoms with van der Waals surface area (Å²) < 4.78 is 19.6. The minimum Gasteiger partial charge on any atom is -0.444 e. The number of nitrogens with zero attached hydrogens (tertiary/aromatic N) is 1. The fourth-order valence-corrected chi connectivity index (χ4v) is 4.51. The largest absolute Gasteiger partial charge is 0.444 e. The van der Waals surface area contributed by atoms with Crippen LogP contribution in [0.25, 0.3) is 0 Å². The van der Waals surface area contributed by atoms with E-state index in [0.29, 0.717) is 11.7 Å². The first kappa shape index (κ1) is 20.9. The molecular weight excluding hydrogens is 357 g/mol. The van der Waals surface area contributed by atoms with Crippen LogP contribution in [0.1, 0.15) is 70.8 Å². The van der Waals surface area contributed by atoms with Crippen LogP contribution in [0.4, 0.5) is 14.9 Å². The number of rotatable bonds is 3. The maximum absolute atomic E-state index is 14.2. The number of nitrogen functional groups attached to an aromatic ring is 1. The number of benzene rings is 1. The van der Waals surface area contributed by atoms with Crippen molar-refractivity contribution in [1.82, 2.24) is 10.2 Å². The Bertz CT molecular complexity index is 673. The number of halogens is 1. The predicted octanol–water partition coefficient (Wildman–Crippen LogP) is 4.42. The number of piperidine rings is 1. The van der Waals surface area contributed by atoms with E-state index in [2.05, 4.69) is 10.2 Å². The zero-order valence-corrected chi connectivity index (χ0v) is 17.3. The number of hydrogen-bond donors (Lipinski definition) is 2. The number of alkyl carbamates (subject to hydrolysis) is 1. The van der Waals surface area contributed by atoms with E-state index < -0.39 is 5.60 Å². The van der Waals surface area contributed by atoms with Gasteiger partial charge in [-0.05, 0) is 96.0 Å². The lowest BCUT2D eigenvalue weighted by molar-refractivity contribution is 0.0470. The van der Waals surface area contributed by atoms with E-state index >= 15 is 0 Å². The van der Waals surface area contributed by atoms with Crippen molar-refractivity contribution in [1.29, 1.82) is 0 Å². The number of likely N-dealkylation sites (tertiary alicyclic amines) is 1. The zero-order chi connectivity index (χ0) is 20.3. The van der Waals surface area contributed by atoms with Crippen LogP contribution in [0, 0.1) is 5.82 Å². The van der Waals surface area contributed by atoms with E-state index in [1.807, 2.05) is 26.8 Å². The quantitative estimate of drug-likeness (QED) is 0.749. The van der Waals surface area contributed by atoms with Gasteiger partial charge in [-0.2, -0.15) is 0 Å². The van der Waals surface area contributed by atoms with Crippen LogP contribution in [0.5, 0.6) is 0 Å². The van der Waals surface area contributed by atoms with Gasteiger partial charge >= 0.3 is 6.09 Å². The number of nitrogens with one attached hydrogen (secondary N) is 1. The van der Waals surface area contributed by atoms with Crippen molar-refractivity contribution < 1.29 is 13.9 Å². The van der Waals surface area contributed by atoms with Gasteiger partial charge in [-0.3, -0.25) is 0 Å². The van der Waals surface area contributed by atoms with E-state index in [1.54, 1.807) is 6.07 Å². The van der Waals surface area contributed by atoms with Gasteiger partial charge in [-0.25, -0.2) is 9.18 Å². The Balaban J connectivity index is 1.43. The van der Waals surface area contributed by atoms with Gasteiger partial charge in [0, 0.05) is 17.8 Å². The van der Waals surface area contributed by atoms with Gasteiger partial charge in [-0.15, -0.1) is 0 Å². The first-order valence-corrected chi connectivity index (χ1v) is 10.5. The summed E-state index contributed by atoms with van der Waals surface area (Å²) in [6, 6.07) is 5.84. The number of carbonyl (C=O) groups is 1. The Morgan fingerprint density at radius 2 is 1.79 bits per heavy atom. The van der Waals surface area contributed by atoms with Crippen molar-refractivity contribution in [3.8, 4) is 0 Å². The molecule has 2 aliphatic rings. The molecule has 6 heteroatoms. The third kappa shape index (κ3) is 5.60. The van der Waals surface area contributed by atoms with E-state index in [0.717, 1.165) is 57.2 Å². The lowest BCUT2D eigenvalue weighted by atomic mass is 9.85. The van der Waals surface area contributed by atoms with E-state index in [1.165, 1.54) is 6.07 Å². The van der Waals surface area contributed by atoms with Crippen LogP contribution in [-0.2, 0) is 4.74 Å². The Hall–Kier alpha value is -1.82. The van der Waals surface area contributed by atoms with Crippen molar-refractivity contribution in [3.05, 3.63) is 29.6 Å². The molecule has 28 heavy (non-hydrogen) atoms. The fourth-order valence-electron chi connectivity index (χ4n) is 4.51. The molecule has 0 bridgehead atoms. The lowest BCUT2D eigenvalue weighted by Gasteiger charge is -2.41. The third-order valence-corrected chi connectivity index (χ3v) is 5.93. The summed E-state index contributed by atoms with van der Waals surface area (Å²) in [4.78, 5) is 14.5. The van der Waals surface area contributed by atoms with E-state index in [9.17, 15) is 9.18 Å². The molecule has 1 aromatic carbocycles. The average Bonchev–Trinajstić information content (AvgIpc) is 2.61. The molecule has 1 amide bonds. The first-order valence-electron chi connectivity index (χ1n) is 10.5. The van der Waals surface area contributed by atoms with Crippen LogP contribution in [0.2, 0.25) is 0 Å². The second kappa shape index (κ2) is 8.68. The summed E-state index contributed by atoms with van der Waals surface area (Å²) in [6.45, 7) is 7.64. The summed E-state index contributed by atoms with van der Waals surface area (Å²) >= 11 is 0. The standard InChI is InChI=1S/C22H34FN3O2/c1-22(2,3)28-21(27)25-17-5-7-18(8-6-17)26-12-10-15(11-13-26)19-9-4-16(24)14-20(19)23/h4,9,14-15,17-18H,5-8,10-13,24H2,1-3H3,(H,25,27). The van der Waals surface area contributed by atoms with Gasteiger partial charge in [0.05, 0.1) is 0 Å². The number of amides is 1. The molecule has 1 aliphatic carbocycles. The highest BCUT2D eigenvalue weighted by atomic mass is 19.1. The van der Waals surface area contributed by atoms with Gasteiger partial charge in [0.25, 0.3) is 0 Å². The lowest BCUT2D eigenvalue weighted by Crippen LogP contribution is -2.47. The van der Waals surface area contributed by atoms with Crippen molar-refractivity contribution in [2.24, 2.45) is 0 Å². The molecule has 1 saturated carbocycles. The van der Waals surface area contributed by atoms with Crippen LogP contribution in [0.15, 0.2) is 18.2 Å². The molecule has 5 nitrogen and oxygen atoms in total. The molecule has 2 fully saturated rings. The molecule has 1 aliphatic heterocycles. The highest BCUT2D eigenvalue weighted by Crippen LogP contribution is 2.33. The molecular formula is C22H34FN3O2. The Morgan fingerprint density at radius 3 is 2.36 bits per heavy atom. The van der Waals surface area contributed by atoms with Gasteiger partial charge in [0.2, 0.25) is 0 Å². The second-order valence-electron chi connectivity index (χ2n) is 9.24. The Labute approximate surface area is 167 Å². The van der Waals surface area contributed by atoms with Crippen molar-refractivity contribution in [2.45, 2.75) is 82.9 Å². The average molecular weight is 392 g/mol. The summed E-state index contributed by atoms with van der Waals surface area (Å²) in [7, 11) is 0. The molecule has 0 unspecified atom stereocenters. The molecule has 0 radical (unpaired) electrons. The van der Waals surface area contributed by atoms with E-state index in [4.69, 9.17) is 10.5 Å². The molecule has 3 rings (SSSR count). The Kier molecular flexibility index (Phi) is 6.48. The van der Waals surface area contributed by atoms with Gasteiger partial charge < -0.3 is 20.7 Å². The van der Waals surface area contributed by atoms with Gasteiger partial charge in [-0.1, -0.05) is 6.07 Å². The number of ether oxygens (including phenoxy) is 1. The molecule has 0 aromatic heterocycles. The monoisotopic (exact) mass is 391 g/mol. The highest BCUT2D eigenvalue weighted by molar-refractivity contribution is 5.68. The number of hydrogen-bond acceptors (Lipinski definition) is 4. The van der Waals surface area contributed by atoms with Crippen LogP contribution in [-0.4, -0.2) is 41.8 Å². The number of nitrogens with two attached hydrogens (primary N) is 1. The van der Waals surface area contributed by atoms with Crippen molar-refractivity contribution in [2.75, 3.05) is 18.8 Å². The predicted molar refractivity (Wildman–Crippen MR) is 110 cm³/mol. The normalized spacial score (nSPS) is 24.7. The SMILES string of the molecule is CC(C)(C)OC(=O)NC1CCC(N2CCC(c3ccc(N)cc3F)CC2)CC1. The molecule has 3 N–H and O–H groups in total. The summed E-state index contributed by atoms with van der Waals surface area (Å²) in [5.74, 6) is 0.106. The minimum atomic E-state index is -0.463. The fraction of sp³-hybridized carbons (Fsp3) is 0.682. The molecule has 0 atom stereocenters. The van der Waals surface area contributed by atoms with Crippen molar-refractivity contribution >= 4 is 11.8 Å². The Morgan fingerprint density at radius 1 is 1.14 bits per heavy atom. The number of anilines is 1. The highest BCUT2D eigenvalue weighted by Gasteiger charge is 2.31. The van der Waals surface area contributed by atoms with Crippen molar-refractivity contribution in [3.63, 3.8) is 0 Å². The molecule has 156 valence electrons. The van der Waals surface area contributed by atoms with E-state index in [-0.39, 0.29) is 23.9 Å². The topological polar surface area (TPSA) is 67.6 Å². The summed E-state index contributed by atoms with van der Waals surface area (Å²) in [5, 5.41) is 3.01.